The molecule has 0 amide bonds. The Morgan fingerprint density at radius 2 is 1.76 bits per heavy atom. The topological polar surface area (TPSA) is 49.3 Å². The third kappa shape index (κ3) is 3.50. The van der Waals surface area contributed by atoms with Crippen molar-refractivity contribution in [3.63, 3.8) is 0 Å². The van der Waals surface area contributed by atoms with Crippen LogP contribution in [0.3, 0.4) is 0 Å². The molecule has 1 aliphatic carbocycles. The molecule has 1 saturated carbocycles. The Bertz CT molecular complexity index is 603. The molecule has 1 aliphatic rings. The number of hydrogen-bond acceptors (Lipinski definition) is 2. The quantitative estimate of drug-likeness (QED) is 0.852. The van der Waals surface area contributed by atoms with Gasteiger partial charge in [0.25, 0.3) is 0 Å². The molecular weight excluding hydrogens is 262 g/mol. The number of carboxylic acids is 1. The van der Waals surface area contributed by atoms with Crippen LogP contribution in [0.1, 0.15) is 41.5 Å². The highest BCUT2D eigenvalue weighted by molar-refractivity contribution is 5.75. The van der Waals surface area contributed by atoms with E-state index in [2.05, 4.69) is 29.6 Å². The van der Waals surface area contributed by atoms with Gasteiger partial charge in [-0.25, -0.2) is 0 Å². The van der Waals surface area contributed by atoms with Gasteiger partial charge in [0.05, 0.1) is 0 Å². The third-order valence-corrected chi connectivity index (χ3v) is 3.92. The van der Waals surface area contributed by atoms with Crippen molar-refractivity contribution >= 4 is 5.97 Å². The lowest BCUT2D eigenvalue weighted by Gasteiger charge is -2.15. The van der Waals surface area contributed by atoms with Crippen molar-refractivity contribution in [3.8, 4) is 0 Å². The van der Waals surface area contributed by atoms with Crippen molar-refractivity contribution in [2.45, 2.75) is 31.3 Å². The van der Waals surface area contributed by atoms with Crippen LogP contribution in [-0.4, -0.2) is 11.1 Å². The van der Waals surface area contributed by atoms with Crippen LogP contribution < -0.4 is 5.32 Å². The first kappa shape index (κ1) is 13.8. The molecule has 0 bridgehead atoms. The second-order valence-electron chi connectivity index (χ2n) is 5.58. The summed E-state index contributed by atoms with van der Waals surface area (Å²) in [6.07, 6.45) is 2.60. The van der Waals surface area contributed by atoms with E-state index in [9.17, 15) is 9.90 Å². The zero-order valence-corrected chi connectivity index (χ0v) is 11.8. The molecule has 0 unspecified atom stereocenters. The number of carboxylic acid groups (broad SMARTS) is 1. The van der Waals surface area contributed by atoms with Crippen LogP contribution >= 0.6 is 0 Å². The van der Waals surface area contributed by atoms with Gasteiger partial charge < -0.3 is 5.11 Å². The zero-order valence-electron chi connectivity index (χ0n) is 11.8. The van der Waals surface area contributed by atoms with E-state index in [0.29, 0.717) is 6.54 Å². The maximum Gasteiger partial charge on any atom is 0.325 e. The number of aliphatic carboxylic acids is 1. The standard InChI is InChI=1S/C18H19NO2/c20-18(21)17(16-4-2-1-3-5-16)19-12-13-6-8-14(9-7-13)15-10-11-15/h1-9,15,17,19H,10-12H2,(H,20,21)/t17-/m1/s1. The molecule has 1 fully saturated rings. The first-order chi connectivity index (χ1) is 10.2. The largest absolute Gasteiger partial charge is 0.480 e. The van der Waals surface area contributed by atoms with Crippen molar-refractivity contribution in [1.29, 1.82) is 0 Å². The lowest BCUT2D eigenvalue weighted by molar-refractivity contribution is -0.139. The normalized spacial score (nSPS) is 15.6. The molecule has 0 spiro atoms. The van der Waals surface area contributed by atoms with Crippen LogP contribution in [0.25, 0.3) is 0 Å². The SMILES string of the molecule is O=C(O)[C@H](NCc1ccc(C2CC2)cc1)c1ccccc1. The van der Waals surface area contributed by atoms with Crippen molar-refractivity contribution < 1.29 is 9.90 Å². The van der Waals surface area contributed by atoms with E-state index in [4.69, 9.17) is 0 Å². The molecule has 21 heavy (non-hydrogen) atoms. The molecule has 3 heteroatoms. The molecule has 0 heterocycles. The van der Waals surface area contributed by atoms with Crippen LogP contribution in [0, 0.1) is 0 Å². The molecule has 0 aliphatic heterocycles. The van der Waals surface area contributed by atoms with Gasteiger partial charge >= 0.3 is 5.97 Å². The zero-order chi connectivity index (χ0) is 14.7. The van der Waals surface area contributed by atoms with Gasteiger partial charge in [-0.05, 0) is 35.4 Å². The Balaban J connectivity index is 1.65. The fourth-order valence-electron chi connectivity index (χ4n) is 2.54. The monoisotopic (exact) mass is 281 g/mol. The minimum atomic E-state index is -0.851. The molecule has 2 N–H and O–H groups in total. The number of nitrogens with one attached hydrogen (secondary N) is 1. The Labute approximate surface area is 124 Å². The molecule has 1 atom stereocenters. The van der Waals surface area contributed by atoms with Gasteiger partial charge in [-0.15, -0.1) is 0 Å². The predicted octanol–water partition coefficient (Wildman–Crippen LogP) is 3.48. The third-order valence-electron chi connectivity index (χ3n) is 3.92. The van der Waals surface area contributed by atoms with E-state index in [1.165, 1.54) is 18.4 Å². The summed E-state index contributed by atoms with van der Waals surface area (Å²) in [5, 5.41) is 12.5. The van der Waals surface area contributed by atoms with Crippen LogP contribution in [0.2, 0.25) is 0 Å². The number of benzene rings is 2. The van der Waals surface area contributed by atoms with Crippen molar-refractivity contribution in [1.82, 2.24) is 5.32 Å². The summed E-state index contributed by atoms with van der Waals surface area (Å²) in [5.74, 6) is -0.0982. The highest BCUT2D eigenvalue weighted by Gasteiger charge is 2.23. The van der Waals surface area contributed by atoms with Crippen LogP contribution in [-0.2, 0) is 11.3 Å². The summed E-state index contributed by atoms with van der Waals surface area (Å²) < 4.78 is 0. The van der Waals surface area contributed by atoms with Gasteiger partial charge in [0.2, 0.25) is 0 Å². The number of hydrogen-bond donors (Lipinski definition) is 2. The lowest BCUT2D eigenvalue weighted by Crippen LogP contribution is -2.28. The van der Waals surface area contributed by atoms with E-state index in [1.807, 2.05) is 30.3 Å². The molecule has 108 valence electrons. The highest BCUT2D eigenvalue weighted by atomic mass is 16.4. The summed E-state index contributed by atoms with van der Waals surface area (Å²) in [4.78, 5) is 11.4. The molecule has 2 aromatic carbocycles. The van der Waals surface area contributed by atoms with Crippen LogP contribution in [0.4, 0.5) is 0 Å². The second-order valence-corrected chi connectivity index (χ2v) is 5.58. The fraction of sp³-hybridized carbons (Fsp3) is 0.278. The van der Waals surface area contributed by atoms with Gasteiger partial charge in [-0.3, -0.25) is 10.1 Å². The highest BCUT2D eigenvalue weighted by Crippen LogP contribution is 2.39. The Morgan fingerprint density at radius 3 is 2.33 bits per heavy atom. The van der Waals surface area contributed by atoms with Crippen LogP contribution in [0.15, 0.2) is 54.6 Å². The average Bonchev–Trinajstić information content (AvgIpc) is 3.34. The molecule has 2 aromatic rings. The average molecular weight is 281 g/mol. The van der Waals surface area contributed by atoms with Crippen LogP contribution in [0.5, 0.6) is 0 Å². The maximum atomic E-state index is 11.4. The lowest BCUT2D eigenvalue weighted by atomic mass is 10.1. The van der Waals surface area contributed by atoms with Crippen molar-refractivity contribution in [3.05, 3.63) is 71.3 Å². The molecule has 3 nitrogen and oxygen atoms in total. The predicted molar refractivity (Wildman–Crippen MR) is 82.1 cm³/mol. The molecular formula is C18H19NO2. The number of carbonyl (C=O) groups is 1. The van der Waals surface area contributed by atoms with Gasteiger partial charge in [0.15, 0.2) is 0 Å². The Kier molecular flexibility index (Phi) is 4.02. The first-order valence-corrected chi connectivity index (χ1v) is 7.34. The van der Waals surface area contributed by atoms with Gasteiger partial charge in [0.1, 0.15) is 6.04 Å². The summed E-state index contributed by atoms with van der Waals surface area (Å²) in [5.41, 5.74) is 3.29. The van der Waals surface area contributed by atoms with Gasteiger partial charge in [-0.2, -0.15) is 0 Å². The van der Waals surface area contributed by atoms with E-state index >= 15 is 0 Å². The second kappa shape index (κ2) is 6.10. The minimum Gasteiger partial charge on any atom is -0.480 e. The van der Waals surface area contributed by atoms with Gasteiger partial charge in [0, 0.05) is 6.54 Å². The molecule has 0 aromatic heterocycles. The minimum absolute atomic E-state index is 0.552. The Hall–Kier alpha value is -2.13. The molecule has 0 radical (unpaired) electrons. The number of rotatable bonds is 6. The summed E-state index contributed by atoms with van der Waals surface area (Å²) in [6, 6.07) is 17.1. The van der Waals surface area contributed by atoms with E-state index in [0.717, 1.165) is 17.0 Å². The summed E-state index contributed by atoms with van der Waals surface area (Å²) in [7, 11) is 0. The Morgan fingerprint density at radius 1 is 1.10 bits per heavy atom. The van der Waals surface area contributed by atoms with Crippen molar-refractivity contribution in [2.75, 3.05) is 0 Å². The maximum absolute atomic E-state index is 11.4. The van der Waals surface area contributed by atoms with E-state index in [1.54, 1.807) is 0 Å². The van der Waals surface area contributed by atoms with E-state index in [-0.39, 0.29) is 0 Å². The fourth-order valence-corrected chi connectivity index (χ4v) is 2.54. The summed E-state index contributed by atoms with van der Waals surface area (Å²) in [6.45, 7) is 0.552. The summed E-state index contributed by atoms with van der Waals surface area (Å²) >= 11 is 0. The molecule has 3 rings (SSSR count). The van der Waals surface area contributed by atoms with Gasteiger partial charge in [-0.1, -0.05) is 54.6 Å². The van der Waals surface area contributed by atoms with Crippen molar-refractivity contribution in [2.24, 2.45) is 0 Å². The van der Waals surface area contributed by atoms with E-state index < -0.39 is 12.0 Å². The molecule has 0 saturated heterocycles. The smallest absolute Gasteiger partial charge is 0.325 e. The first-order valence-electron chi connectivity index (χ1n) is 7.34.